The van der Waals surface area contributed by atoms with Gasteiger partial charge in [0.25, 0.3) is 15.9 Å². The SMILES string of the molecule is CNC(=O)c1c(NS(=O)(=O)c2ccc(OC)c(NC(C)=O)c2)sc2c1CCCC2. The van der Waals surface area contributed by atoms with Gasteiger partial charge in [0.2, 0.25) is 5.91 Å². The lowest BCUT2D eigenvalue weighted by Gasteiger charge is -2.13. The molecule has 0 aliphatic heterocycles. The van der Waals surface area contributed by atoms with Gasteiger partial charge in [-0.1, -0.05) is 0 Å². The molecular formula is C19H23N3O5S2. The van der Waals surface area contributed by atoms with E-state index >= 15 is 0 Å². The van der Waals surface area contributed by atoms with Crippen molar-refractivity contribution in [2.24, 2.45) is 0 Å². The van der Waals surface area contributed by atoms with Crippen LogP contribution in [0.2, 0.25) is 0 Å². The fourth-order valence-electron chi connectivity index (χ4n) is 3.33. The first-order valence-electron chi connectivity index (χ1n) is 9.12. The van der Waals surface area contributed by atoms with Gasteiger partial charge in [-0.05, 0) is 49.4 Å². The van der Waals surface area contributed by atoms with Crippen LogP contribution in [-0.4, -0.2) is 34.4 Å². The highest BCUT2D eigenvalue weighted by atomic mass is 32.2. The average Bonchev–Trinajstić information content (AvgIpc) is 3.03. The molecule has 156 valence electrons. The first-order valence-corrected chi connectivity index (χ1v) is 11.4. The van der Waals surface area contributed by atoms with Crippen LogP contribution in [0.5, 0.6) is 5.75 Å². The summed E-state index contributed by atoms with van der Waals surface area (Å²) in [6.45, 7) is 1.32. The third-order valence-corrected chi connectivity index (χ3v) is 7.33. The summed E-state index contributed by atoms with van der Waals surface area (Å²) >= 11 is 1.30. The quantitative estimate of drug-likeness (QED) is 0.643. The molecule has 2 aromatic rings. The molecule has 29 heavy (non-hydrogen) atoms. The van der Waals surface area contributed by atoms with Gasteiger partial charge < -0.3 is 15.4 Å². The van der Waals surface area contributed by atoms with Gasteiger partial charge in [0.05, 0.1) is 23.3 Å². The molecule has 0 saturated carbocycles. The Hall–Kier alpha value is -2.59. The minimum Gasteiger partial charge on any atom is -0.495 e. The Morgan fingerprint density at radius 2 is 1.90 bits per heavy atom. The number of hydrogen-bond acceptors (Lipinski definition) is 6. The Morgan fingerprint density at radius 1 is 1.17 bits per heavy atom. The number of benzene rings is 1. The second-order valence-electron chi connectivity index (χ2n) is 6.64. The molecule has 0 radical (unpaired) electrons. The van der Waals surface area contributed by atoms with Crippen LogP contribution in [0.3, 0.4) is 0 Å². The van der Waals surface area contributed by atoms with E-state index in [2.05, 4.69) is 15.4 Å². The summed E-state index contributed by atoms with van der Waals surface area (Å²) in [4.78, 5) is 24.9. The van der Waals surface area contributed by atoms with E-state index in [1.165, 1.54) is 50.6 Å². The van der Waals surface area contributed by atoms with Crippen LogP contribution < -0.4 is 20.1 Å². The van der Waals surface area contributed by atoms with Gasteiger partial charge in [-0.15, -0.1) is 11.3 Å². The Balaban J connectivity index is 2.01. The molecule has 3 rings (SSSR count). The first-order chi connectivity index (χ1) is 13.8. The molecule has 1 aliphatic rings. The third-order valence-electron chi connectivity index (χ3n) is 4.64. The number of carbonyl (C=O) groups is 2. The number of aryl methyl sites for hydroxylation is 1. The summed E-state index contributed by atoms with van der Waals surface area (Å²) in [5, 5.41) is 5.47. The normalized spacial score (nSPS) is 13.3. The molecule has 0 atom stereocenters. The molecule has 0 unspecified atom stereocenters. The largest absolute Gasteiger partial charge is 0.495 e. The molecule has 10 heteroatoms. The zero-order chi connectivity index (χ0) is 21.2. The topological polar surface area (TPSA) is 114 Å². The van der Waals surface area contributed by atoms with Gasteiger partial charge in [0, 0.05) is 18.8 Å². The number of rotatable bonds is 6. The molecular weight excluding hydrogens is 414 g/mol. The smallest absolute Gasteiger partial charge is 0.262 e. The maximum Gasteiger partial charge on any atom is 0.262 e. The van der Waals surface area contributed by atoms with Crippen LogP contribution in [0, 0.1) is 0 Å². The van der Waals surface area contributed by atoms with Gasteiger partial charge in [0.15, 0.2) is 0 Å². The predicted molar refractivity (Wildman–Crippen MR) is 112 cm³/mol. The summed E-state index contributed by atoms with van der Waals surface area (Å²) in [6, 6.07) is 4.19. The number of carbonyl (C=O) groups excluding carboxylic acids is 2. The summed E-state index contributed by atoms with van der Waals surface area (Å²) in [7, 11) is -1.03. The maximum absolute atomic E-state index is 13.0. The number of sulfonamides is 1. The van der Waals surface area contributed by atoms with Gasteiger partial charge in [-0.3, -0.25) is 14.3 Å². The van der Waals surface area contributed by atoms with E-state index < -0.39 is 10.0 Å². The molecule has 0 saturated heterocycles. The van der Waals surface area contributed by atoms with Crippen LogP contribution in [0.25, 0.3) is 0 Å². The number of thiophene rings is 1. The van der Waals surface area contributed by atoms with Crippen molar-refractivity contribution in [1.82, 2.24) is 5.32 Å². The summed E-state index contributed by atoms with van der Waals surface area (Å²) in [5.74, 6) is -0.314. The van der Waals surface area contributed by atoms with Gasteiger partial charge in [-0.2, -0.15) is 0 Å². The first kappa shape index (κ1) is 21.1. The second kappa shape index (κ2) is 8.42. The van der Waals surface area contributed by atoms with Crippen LogP contribution >= 0.6 is 11.3 Å². The van der Waals surface area contributed by atoms with Crippen LogP contribution in [0.4, 0.5) is 10.7 Å². The molecule has 2 amide bonds. The average molecular weight is 438 g/mol. The van der Waals surface area contributed by atoms with Crippen LogP contribution in [0.1, 0.15) is 40.6 Å². The highest BCUT2D eigenvalue weighted by Gasteiger charge is 2.28. The minimum absolute atomic E-state index is 0.0451. The number of methoxy groups -OCH3 is 1. The Morgan fingerprint density at radius 3 is 2.55 bits per heavy atom. The van der Waals surface area contributed by atoms with E-state index in [9.17, 15) is 18.0 Å². The highest BCUT2D eigenvalue weighted by Crippen LogP contribution is 2.39. The third kappa shape index (κ3) is 4.38. The van der Waals surface area contributed by atoms with E-state index in [1.807, 2.05) is 0 Å². The monoisotopic (exact) mass is 437 g/mol. The lowest BCUT2D eigenvalue weighted by Crippen LogP contribution is -2.22. The standard InChI is InChI=1S/C19H23N3O5S2/c1-11(23)21-14-10-12(8-9-15(14)27-3)29(25,26)22-19-17(18(24)20-2)13-6-4-5-7-16(13)28-19/h8-10,22H,4-7H2,1-3H3,(H,20,24)(H,21,23). The van der Waals surface area contributed by atoms with Crippen molar-refractivity contribution >= 4 is 43.9 Å². The summed E-state index contributed by atoms with van der Waals surface area (Å²) < 4.78 is 33.8. The van der Waals surface area contributed by atoms with Crippen molar-refractivity contribution in [2.45, 2.75) is 37.5 Å². The van der Waals surface area contributed by atoms with Crippen molar-refractivity contribution in [2.75, 3.05) is 24.2 Å². The molecule has 1 aromatic heterocycles. The maximum atomic E-state index is 13.0. The second-order valence-corrected chi connectivity index (χ2v) is 9.43. The van der Waals surface area contributed by atoms with Crippen molar-refractivity contribution < 1.29 is 22.7 Å². The van der Waals surface area contributed by atoms with Gasteiger partial charge in [-0.25, -0.2) is 8.42 Å². The van der Waals surface area contributed by atoms with Crippen LogP contribution in [-0.2, 0) is 27.7 Å². The molecule has 3 N–H and O–H groups in total. The molecule has 0 fully saturated rings. The van der Waals surface area contributed by atoms with E-state index in [0.717, 1.165) is 36.1 Å². The van der Waals surface area contributed by atoms with Crippen LogP contribution in [0.15, 0.2) is 23.1 Å². The predicted octanol–water partition coefficient (Wildman–Crippen LogP) is 2.75. The molecule has 0 bridgehead atoms. The fraction of sp³-hybridized carbons (Fsp3) is 0.368. The number of amides is 2. The van der Waals surface area contributed by atoms with E-state index in [0.29, 0.717) is 16.3 Å². The molecule has 1 aromatic carbocycles. The molecule has 1 heterocycles. The van der Waals surface area contributed by atoms with Crippen molar-refractivity contribution in [3.63, 3.8) is 0 Å². The highest BCUT2D eigenvalue weighted by molar-refractivity contribution is 7.93. The number of hydrogen-bond donors (Lipinski definition) is 3. The Bertz CT molecular complexity index is 1060. The van der Waals surface area contributed by atoms with E-state index in [4.69, 9.17) is 4.74 Å². The van der Waals surface area contributed by atoms with Crippen molar-refractivity contribution in [1.29, 1.82) is 0 Å². The summed E-state index contributed by atoms with van der Waals surface area (Å²) in [6.07, 6.45) is 3.58. The zero-order valence-electron chi connectivity index (χ0n) is 16.4. The van der Waals surface area contributed by atoms with E-state index in [-0.39, 0.29) is 22.4 Å². The fourth-order valence-corrected chi connectivity index (χ4v) is 5.94. The molecule has 8 nitrogen and oxygen atoms in total. The number of anilines is 2. The Labute approximate surface area is 173 Å². The Kier molecular flexibility index (Phi) is 6.13. The minimum atomic E-state index is -3.99. The lowest BCUT2D eigenvalue weighted by atomic mass is 9.95. The van der Waals surface area contributed by atoms with Crippen molar-refractivity contribution in [3.05, 3.63) is 34.2 Å². The van der Waals surface area contributed by atoms with E-state index in [1.54, 1.807) is 0 Å². The lowest BCUT2D eigenvalue weighted by molar-refractivity contribution is -0.114. The molecule has 1 aliphatic carbocycles. The van der Waals surface area contributed by atoms with Crippen molar-refractivity contribution in [3.8, 4) is 5.75 Å². The number of ether oxygens (including phenoxy) is 1. The number of nitrogens with one attached hydrogen (secondary N) is 3. The number of fused-ring (bicyclic) bond motifs is 1. The molecule has 0 spiro atoms. The summed E-state index contributed by atoms with van der Waals surface area (Å²) in [5.41, 5.74) is 1.57. The van der Waals surface area contributed by atoms with Gasteiger partial charge >= 0.3 is 0 Å². The zero-order valence-corrected chi connectivity index (χ0v) is 18.1. The van der Waals surface area contributed by atoms with Gasteiger partial charge in [0.1, 0.15) is 10.8 Å².